The van der Waals surface area contributed by atoms with Gasteiger partial charge in [-0.1, -0.05) is 42.5 Å². The molecule has 23 heavy (non-hydrogen) atoms. The van der Waals surface area contributed by atoms with E-state index >= 15 is 0 Å². The average molecular weight is 305 g/mol. The molecule has 0 spiro atoms. The predicted molar refractivity (Wildman–Crippen MR) is 92.3 cm³/mol. The number of nitrogens with zero attached hydrogens (tertiary/aromatic N) is 2. The van der Waals surface area contributed by atoms with E-state index in [0.717, 1.165) is 48.6 Å². The number of hydrogen-bond acceptors (Lipinski definition) is 3. The van der Waals surface area contributed by atoms with Crippen LogP contribution in [0.2, 0.25) is 0 Å². The average Bonchev–Trinajstić information content (AvgIpc) is 3.06. The maximum Gasteiger partial charge on any atom is 0.248 e. The lowest BCUT2D eigenvalue weighted by molar-refractivity contribution is -0.118. The van der Waals surface area contributed by atoms with Gasteiger partial charge >= 0.3 is 0 Å². The number of hydrogen-bond donors (Lipinski definition) is 1. The van der Waals surface area contributed by atoms with Gasteiger partial charge in [0.05, 0.1) is 17.1 Å². The number of amides is 1. The maximum absolute atomic E-state index is 12.9. The summed E-state index contributed by atoms with van der Waals surface area (Å²) in [5, 5.41) is 3.05. The minimum atomic E-state index is -0.327. The van der Waals surface area contributed by atoms with Crippen molar-refractivity contribution in [2.45, 2.75) is 18.9 Å². The monoisotopic (exact) mass is 305 g/mol. The van der Waals surface area contributed by atoms with Gasteiger partial charge in [0.1, 0.15) is 6.04 Å². The maximum atomic E-state index is 12.9. The molecular formula is C19H19N3O. The molecule has 2 aromatic rings. The molecule has 1 amide bonds. The van der Waals surface area contributed by atoms with Gasteiger partial charge in [0, 0.05) is 0 Å². The molecule has 0 saturated carbocycles. The zero-order valence-electron chi connectivity index (χ0n) is 12.9. The van der Waals surface area contributed by atoms with E-state index in [1.807, 2.05) is 54.6 Å². The third-order valence-electron chi connectivity index (χ3n) is 4.49. The lowest BCUT2D eigenvalue weighted by atomic mass is 10.0. The highest BCUT2D eigenvalue weighted by Gasteiger charge is 2.35. The highest BCUT2D eigenvalue weighted by Crippen LogP contribution is 2.30. The van der Waals surface area contributed by atoms with E-state index in [4.69, 9.17) is 4.99 Å². The van der Waals surface area contributed by atoms with E-state index in [2.05, 4.69) is 10.2 Å². The molecule has 2 aromatic carbocycles. The summed E-state index contributed by atoms with van der Waals surface area (Å²) in [6.07, 6.45) is 2.28. The van der Waals surface area contributed by atoms with Crippen LogP contribution in [0.5, 0.6) is 0 Å². The second kappa shape index (κ2) is 5.97. The van der Waals surface area contributed by atoms with Gasteiger partial charge in [-0.05, 0) is 43.6 Å². The Kier molecular flexibility index (Phi) is 3.67. The fraction of sp³-hybridized carbons (Fsp3) is 0.263. The molecule has 0 aliphatic carbocycles. The minimum absolute atomic E-state index is 0.0134. The normalized spacial score (nSPS) is 21.3. The van der Waals surface area contributed by atoms with Crippen molar-refractivity contribution in [2.24, 2.45) is 4.99 Å². The molecule has 0 unspecified atom stereocenters. The Morgan fingerprint density at radius 2 is 1.65 bits per heavy atom. The summed E-state index contributed by atoms with van der Waals surface area (Å²) < 4.78 is 0. The molecule has 1 fully saturated rings. The lowest BCUT2D eigenvalue weighted by Crippen LogP contribution is -2.47. The number of para-hydroxylation sites is 2. The molecule has 4 rings (SSSR count). The quantitative estimate of drug-likeness (QED) is 0.926. The molecule has 116 valence electrons. The first-order chi connectivity index (χ1) is 11.3. The first-order valence-electron chi connectivity index (χ1n) is 8.11. The van der Waals surface area contributed by atoms with Gasteiger partial charge in [-0.25, -0.2) is 4.99 Å². The smallest absolute Gasteiger partial charge is 0.248 e. The van der Waals surface area contributed by atoms with Gasteiger partial charge in [-0.2, -0.15) is 0 Å². The van der Waals surface area contributed by atoms with Crippen molar-refractivity contribution in [1.82, 2.24) is 4.90 Å². The fourth-order valence-electron chi connectivity index (χ4n) is 3.36. The molecule has 2 heterocycles. The van der Waals surface area contributed by atoms with Gasteiger partial charge in [0.15, 0.2) is 0 Å². The van der Waals surface area contributed by atoms with Crippen molar-refractivity contribution in [3.05, 3.63) is 60.2 Å². The summed E-state index contributed by atoms with van der Waals surface area (Å²) >= 11 is 0. The van der Waals surface area contributed by atoms with Crippen LogP contribution in [-0.4, -0.2) is 35.7 Å². The topological polar surface area (TPSA) is 44.7 Å². The van der Waals surface area contributed by atoms with Gasteiger partial charge in [0.2, 0.25) is 5.91 Å². The van der Waals surface area contributed by atoms with Crippen LogP contribution in [0.1, 0.15) is 18.4 Å². The number of anilines is 1. The van der Waals surface area contributed by atoms with Crippen LogP contribution in [0.25, 0.3) is 0 Å². The molecule has 4 heteroatoms. The summed E-state index contributed by atoms with van der Waals surface area (Å²) in [6, 6.07) is 17.4. The second-order valence-corrected chi connectivity index (χ2v) is 6.02. The molecule has 2 aliphatic heterocycles. The summed E-state index contributed by atoms with van der Waals surface area (Å²) in [5.74, 6) is 0.0134. The van der Waals surface area contributed by atoms with Crippen molar-refractivity contribution in [3.8, 4) is 0 Å². The molecule has 4 nitrogen and oxygen atoms in total. The number of aliphatic imine (C=N–C) groups is 1. The Labute approximate surface area is 135 Å². The summed E-state index contributed by atoms with van der Waals surface area (Å²) in [6.45, 7) is 1.89. The zero-order valence-corrected chi connectivity index (χ0v) is 12.9. The van der Waals surface area contributed by atoms with Crippen LogP contribution >= 0.6 is 0 Å². The number of carbonyl (C=O) groups is 1. The van der Waals surface area contributed by atoms with Crippen LogP contribution in [0.15, 0.2) is 59.6 Å². The third kappa shape index (κ3) is 2.66. The van der Waals surface area contributed by atoms with E-state index in [0.29, 0.717) is 0 Å². The van der Waals surface area contributed by atoms with Crippen molar-refractivity contribution in [2.75, 3.05) is 18.4 Å². The molecule has 2 aliphatic rings. The van der Waals surface area contributed by atoms with Crippen molar-refractivity contribution in [1.29, 1.82) is 0 Å². The molecule has 1 N–H and O–H groups in total. The Balaban J connectivity index is 1.86. The number of benzene rings is 2. The molecular weight excluding hydrogens is 286 g/mol. The van der Waals surface area contributed by atoms with E-state index in [9.17, 15) is 4.79 Å². The standard InChI is InChI=1S/C19H19N3O/c23-19-18(22-12-6-7-13-22)17(14-8-2-1-3-9-14)20-15-10-4-5-11-16(15)21-19/h1-5,8-11,18H,6-7,12-13H2,(H,21,23)/t18-/m1/s1. The van der Waals surface area contributed by atoms with Crippen LogP contribution in [0, 0.1) is 0 Å². The molecule has 0 bridgehead atoms. The van der Waals surface area contributed by atoms with E-state index in [-0.39, 0.29) is 11.9 Å². The SMILES string of the molecule is O=C1Nc2ccccc2N=C(c2ccccc2)[C@H]1N1CCCC1. The molecule has 1 saturated heterocycles. The van der Waals surface area contributed by atoms with E-state index in [1.54, 1.807) is 0 Å². The van der Waals surface area contributed by atoms with Crippen molar-refractivity contribution in [3.63, 3.8) is 0 Å². The number of nitrogens with one attached hydrogen (secondary N) is 1. The first kappa shape index (κ1) is 14.2. The van der Waals surface area contributed by atoms with Crippen LogP contribution in [0.3, 0.4) is 0 Å². The van der Waals surface area contributed by atoms with E-state index < -0.39 is 0 Å². The van der Waals surface area contributed by atoms with Gasteiger partial charge in [-0.3, -0.25) is 9.69 Å². The summed E-state index contributed by atoms with van der Waals surface area (Å²) in [7, 11) is 0. The van der Waals surface area contributed by atoms with Gasteiger partial charge in [0.25, 0.3) is 0 Å². The minimum Gasteiger partial charge on any atom is -0.322 e. The van der Waals surface area contributed by atoms with Crippen molar-refractivity contribution >= 4 is 23.0 Å². The Morgan fingerprint density at radius 3 is 2.43 bits per heavy atom. The highest BCUT2D eigenvalue weighted by molar-refractivity contribution is 6.22. The number of likely N-dealkylation sites (tertiary alicyclic amines) is 1. The van der Waals surface area contributed by atoms with Gasteiger partial charge < -0.3 is 5.32 Å². The van der Waals surface area contributed by atoms with Gasteiger partial charge in [-0.15, -0.1) is 0 Å². The number of fused-ring (bicyclic) bond motifs is 1. The van der Waals surface area contributed by atoms with Crippen molar-refractivity contribution < 1.29 is 4.79 Å². The highest BCUT2D eigenvalue weighted by atomic mass is 16.2. The zero-order chi connectivity index (χ0) is 15.6. The number of rotatable bonds is 2. The largest absolute Gasteiger partial charge is 0.322 e. The predicted octanol–water partition coefficient (Wildman–Crippen LogP) is 3.22. The lowest BCUT2D eigenvalue weighted by Gasteiger charge is -2.26. The molecule has 1 atom stereocenters. The van der Waals surface area contributed by atoms with Crippen LogP contribution in [-0.2, 0) is 4.79 Å². The van der Waals surface area contributed by atoms with Crippen LogP contribution < -0.4 is 5.32 Å². The number of carbonyl (C=O) groups excluding carboxylic acids is 1. The first-order valence-corrected chi connectivity index (χ1v) is 8.11. The molecule has 0 radical (unpaired) electrons. The Morgan fingerprint density at radius 1 is 0.957 bits per heavy atom. The Hall–Kier alpha value is -2.46. The van der Waals surface area contributed by atoms with E-state index in [1.165, 1.54) is 0 Å². The second-order valence-electron chi connectivity index (χ2n) is 6.02. The van der Waals surface area contributed by atoms with Crippen LogP contribution in [0.4, 0.5) is 11.4 Å². The molecule has 0 aromatic heterocycles. The summed E-state index contributed by atoms with van der Waals surface area (Å²) in [5.41, 5.74) is 3.46. The third-order valence-corrected chi connectivity index (χ3v) is 4.49. The fourth-order valence-corrected chi connectivity index (χ4v) is 3.36. The summed E-state index contributed by atoms with van der Waals surface area (Å²) in [4.78, 5) is 20.0. The Bertz CT molecular complexity index is 748.